The van der Waals surface area contributed by atoms with Crippen LogP contribution in [0.4, 0.5) is 9.59 Å². The van der Waals surface area contributed by atoms with Crippen LogP contribution in [0, 0.1) is 0 Å². The zero-order valence-corrected chi connectivity index (χ0v) is 12.0. The van der Waals surface area contributed by atoms with E-state index in [0.717, 1.165) is 13.1 Å². The van der Waals surface area contributed by atoms with Crippen molar-refractivity contribution in [3.63, 3.8) is 0 Å². The lowest BCUT2D eigenvalue weighted by molar-refractivity contribution is -0.0292. The maximum absolute atomic E-state index is 12.5. The van der Waals surface area contributed by atoms with Crippen LogP contribution < -0.4 is 10.6 Å². The molecule has 9 nitrogen and oxygen atoms in total. The van der Waals surface area contributed by atoms with Gasteiger partial charge in [-0.2, -0.15) is 0 Å². The van der Waals surface area contributed by atoms with Crippen molar-refractivity contribution in [2.24, 2.45) is 0 Å². The number of hydrogen-bond acceptors (Lipinski definition) is 5. The van der Waals surface area contributed by atoms with Gasteiger partial charge in [0, 0.05) is 51.5 Å². The molecular weight excluding hydrogens is 288 g/mol. The summed E-state index contributed by atoms with van der Waals surface area (Å²) < 4.78 is 0. The van der Waals surface area contributed by atoms with Crippen molar-refractivity contribution in [1.82, 2.24) is 30.4 Å². The molecule has 3 amide bonds. The molecule has 2 saturated heterocycles. The highest BCUT2D eigenvalue weighted by Crippen LogP contribution is 2.36. The number of carbonyl (C=O) groups excluding carboxylic acids is 1. The van der Waals surface area contributed by atoms with Crippen LogP contribution in [0.3, 0.4) is 0 Å². The molecule has 0 aromatic carbocycles. The molecule has 2 aliphatic rings. The summed E-state index contributed by atoms with van der Waals surface area (Å²) in [6, 6.07) is 1.36. The molecule has 1 aromatic rings. The second-order valence-corrected chi connectivity index (χ2v) is 5.28. The van der Waals surface area contributed by atoms with E-state index in [9.17, 15) is 14.7 Å². The van der Waals surface area contributed by atoms with Gasteiger partial charge in [0.2, 0.25) is 0 Å². The number of aromatic nitrogens is 2. The van der Waals surface area contributed by atoms with E-state index in [0.29, 0.717) is 31.9 Å². The average Bonchev–Trinajstić information content (AvgIpc) is 2.52. The van der Waals surface area contributed by atoms with Gasteiger partial charge in [-0.05, 0) is 6.07 Å². The van der Waals surface area contributed by atoms with Gasteiger partial charge in [-0.25, -0.2) is 19.6 Å². The Labute approximate surface area is 127 Å². The number of carbonyl (C=O) groups is 2. The summed E-state index contributed by atoms with van der Waals surface area (Å²) >= 11 is 0. The number of amides is 3. The molecule has 0 saturated carbocycles. The molecule has 2 fully saturated rings. The minimum absolute atomic E-state index is 0.292. The van der Waals surface area contributed by atoms with Gasteiger partial charge in [-0.1, -0.05) is 0 Å². The first-order valence-corrected chi connectivity index (χ1v) is 7.19. The molecule has 0 spiro atoms. The summed E-state index contributed by atoms with van der Waals surface area (Å²) in [6.07, 6.45) is 2.44. The van der Waals surface area contributed by atoms with Crippen LogP contribution >= 0.6 is 0 Å². The molecule has 3 rings (SSSR count). The molecule has 1 atom stereocenters. The smallest absolute Gasteiger partial charge is 0.409 e. The lowest BCUT2D eigenvalue weighted by Gasteiger charge is -2.50. The highest BCUT2D eigenvalue weighted by molar-refractivity contribution is 5.77. The third kappa shape index (κ3) is 2.43. The normalized spacial score (nSPS) is 24.5. The minimum Gasteiger partial charge on any atom is -0.465 e. The number of nitrogens with zero attached hydrogens (tertiary/aromatic N) is 4. The summed E-state index contributed by atoms with van der Waals surface area (Å²) in [7, 11) is 0. The van der Waals surface area contributed by atoms with Crippen LogP contribution in [0.15, 0.2) is 18.5 Å². The van der Waals surface area contributed by atoms with Crippen LogP contribution in [0.25, 0.3) is 0 Å². The third-order valence-corrected chi connectivity index (χ3v) is 4.04. The number of urea groups is 1. The summed E-state index contributed by atoms with van der Waals surface area (Å²) in [6.45, 7) is 2.97. The molecule has 0 aliphatic carbocycles. The molecule has 0 radical (unpaired) electrons. The molecular formula is C13H18N6O3. The summed E-state index contributed by atoms with van der Waals surface area (Å²) in [5.41, 5.74) is -1.17. The van der Waals surface area contributed by atoms with Gasteiger partial charge >= 0.3 is 12.1 Å². The van der Waals surface area contributed by atoms with Crippen molar-refractivity contribution in [2.45, 2.75) is 12.1 Å². The first kappa shape index (κ1) is 14.5. The van der Waals surface area contributed by atoms with Gasteiger partial charge < -0.3 is 20.6 Å². The van der Waals surface area contributed by atoms with Crippen molar-refractivity contribution in [3.8, 4) is 0 Å². The lowest BCUT2D eigenvalue weighted by atomic mass is 9.93. The second kappa shape index (κ2) is 5.76. The van der Waals surface area contributed by atoms with Gasteiger partial charge in [0.15, 0.2) is 11.5 Å². The Morgan fingerprint density at radius 3 is 2.45 bits per heavy atom. The Hall–Kier alpha value is -2.42. The van der Waals surface area contributed by atoms with Crippen LogP contribution in [-0.2, 0) is 5.66 Å². The predicted molar refractivity (Wildman–Crippen MR) is 76.0 cm³/mol. The van der Waals surface area contributed by atoms with E-state index in [4.69, 9.17) is 0 Å². The molecule has 118 valence electrons. The first-order chi connectivity index (χ1) is 10.6. The molecule has 0 bridgehead atoms. The Bertz CT molecular complexity index is 562. The molecule has 22 heavy (non-hydrogen) atoms. The standard InChI is InChI=1S/C13H18N6O3/c20-11(18-8-5-14-6-9-18)17-13(2-7-19(13)12(21)22)10-15-3-1-4-16-10/h1,3-4,14H,2,5-9H2,(H,17,20)(H,21,22). The van der Waals surface area contributed by atoms with Crippen LogP contribution in [0.5, 0.6) is 0 Å². The number of hydrogen-bond donors (Lipinski definition) is 3. The van der Waals surface area contributed by atoms with Gasteiger partial charge in [0.25, 0.3) is 0 Å². The maximum atomic E-state index is 12.5. The first-order valence-electron chi connectivity index (χ1n) is 7.19. The van der Waals surface area contributed by atoms with E-state index < -0.39 is 11.8 Å². The number of rotatable bonds is 2. The molecule has 3 N–H and O–H groups in total. The Morgan fingerprint density at radius 2 is 1.91 bits per heavy atom. The minimum atomic E-state index is -1.17. The fraction of sp³-hybridized carbons (Fsp3) is 0.538. The van der Waals surface area contributed by atoms with Gasteiger partial charge in [-0.15, -0.1) is 0 Å². The molecule has 9 heteroatoms. The monoisotopic (exact) mass is 306 g/mol. The van der Waals surface area contributed by atoms with Crippen molar-refractivity contribution in [1.29, 1.82) is 0 Å². The van der Waals surface area contributed by atoms with E-state index in [-0.39, 0.29) is 6.03 Å². The highest BCUT2D eigenvalue weighted by atomic mass is 16.4. The third-order valence-electron chi connectivity index (χ3n) is 4.04. The Kier molecular flexibility index (Phi) is 3.80. The molecule has 3 heterocycles. The molecule has 1 unspecified atom stereocenters. The Balaban J connectivity index is 1.83. The van der Waals surface area contributed by atoms with Crippen molar-refractivity contribution < 1.29 is 14.7 Å². The van der Waals surface area contributed by atoms with Gasteiger partial charge in [-0.3, -0.25) is 4.90 Å². The fourth-order valence-corrected chi connectivity index (χ4v) is 2.76. The van der Waals surface area contributed by atoms with Crippen LogP contribution in [-0.4, -0.2) is 69.7 Å². The number of piperazine rings is 1. The topological polar surface area (TPSA) is 111 Å². The van der Waals surface area contributed by atoms with E-state index in [1.807, 2.05) is 0 Å². The summed E-state index contributed by atoms with van der Waals surface area (Å²) in [5, 5.41) is 15.3. The highest BCUT2D eigenvalue weighted by Gasteiger charge is 2.53. The zero-order valence-electron chi connectivity index (χ0n) is 12.0. The lowest BCUT2D eigenvalue weighted by Crippen LogP contribution is -2.70. The summed E-state index contributed by atoms with van der Waals surface area (Å²) in [5.74, 6) is 0.298. The predicted octanol–water partition coefficient (Wildman–Crippen LogP) is -0.372. The zero-order chi connectivity index (χ0) is 15.6. The fourth-order valence-electron chi connectivity index (χ4n) is 2.76. The van der Waals surface area contributed by atoms with Gasteiger partial charge in [0.05, 0.1) is 0 Å². The number of nitrogens with one attached hydrogen (secondary N) is 2. The van der Waals surface area contributed by atoms with Crippen LogP contribution in [0.1, 0.15) is 12.2 Å². The molecule has 1 aromatic heterocycles. The quantitative estimate of drug-likeness (QED) is 0.687. The average molecular weight is 306 g/mol. The van der Waals surface area contributed by atoms with Crippen molar-refractivity contribution in [2.75, 3.05) is 32.7 Å². The van der Waals surface area contributed by atoms with E-state index >= 15 is 0 Å². The van der Waals surface area contributed by atoms with Gasteiger partial charge in [0.1, 0.15) is 0 Å². The second-order valence-electron chi connectivity index (χ2n) is 5.28. The number of likely N-dealkylation sites (tertiary alicyclic amines) is 1. The van der Waals surface area contributed by atoms with E-state index in [1.54, 1.807) is 23.4 Å². The number of carboxylic acid groups (broad SMARTS) is 1. The Morgan fingerprint density at radius 1 is 1.23 bits per heavy atom. The van der Waals surface area contributed by atoms with Crippen molar-refractivity contribution >= 4 is 12.1 Å². The van der Waals surface area contributed by atoms with Crippen LogP contribution in [0.2, 0.25) is 0 Å². The maximum Gasteiger partial charge on any atom is 0.409 e. The van der Waals surface area contributed by atoms with E-state index in [2.05, 4.69) is 20.6 Å². The van der Waals surface area contributed by atoms with Crippen molar-refractivity contribution in [3.05, 3.63) is 24.3 Å². The molecule has 2 aliphatic heterocycles. The summed E-state index contributed by atoms with van der Waals surface area (Å²) in [4.78, 5) is 35.0. The largest absolute Gasteiger partial charge is 0.465 e. The SMILES string of the molecule is O=C(NC1(c2ncccn2)CCN1C(=O)O)N1CCNCC1. The van der Waals surface area contributed by atoms with E-state index in [1.165, 1.54) is 4.90 Å².